The molecule has 2 atom stereocenters. The van der Waals surface area contributed by atoms with E-state index >= 15 is 0 Å². The molecule has 0 saturated carbocycles. The summed E-state index contributed by atoms with van der Waals surface area (Å²) in [7, 11) is 0. The maximum atomic E-state index is 12.2. The molecule has 1 aliphatic heterocycles. The molecule has 25 heavy (non-hydrogen) atoms. The molecule has 2 aromatic rings. The van der Waals surface area contributed by atoms with Gasteiger partial charge in [0.25, 0.3) is 0 Å². The summed E-state index contributed by atoms with van der Waals surface area (Å²) in [6, 6.07) is 11.9. The highest BCUT2D eigenvalue weighted by Crippen LogP contribution is 2.23. The highest BCUT2D eigenvalue weighted by atomic mass is 16.3. The Kier molecular flexibility index (Phi) is 5.28. The van der Waals surface area contributed by atoms with Gasteiger partial charge in [0.05, 0.1) is 11.6 Å². The number of amides is 2. The first-order valence-electron chi connectivity index (χ1n) is 8.62. The van der Waals surface area contributed by atoms with E-state index in [0.717, 1.165) is 16.6 Å². The molecule has 2 heterocycles. The Morgan fingerprint density at radius 1 is 1.16 bits per heavy atom. The van der Waals surface area contributed by atoms with Gasteiger partial charge in [-0.15, -0.1) is 0 Å². The molecular formula is C19H23N3O3. The van der Waals surface area contributed by atoms with Crippen molar-refractivity contribution < 1.29 is 14.7 Å². The molecule has 6 heteroatoms. The van der Waals surface area contributed by atoms with Crippen LogP contribution in [-0.4, -0.2) is 46.0 Å². The molecule has 0 bridgehead atoms. The summed E-state index contributed by atoms with van der Waals surface area (Å²) in [5.41, 5.74) is 6.95. The lowest BCUT2D eigenvalue weighted by molar-refractivity contribution is -0.130. The van der Waals surface area contributed by atoms with E-state index in [1.165, 1.54) is 0 Å². The van der Waals surface area contributed by atoms with Gasteiger partial charge in [-0.25, -0.2) is 0 Å². The van der Waals surface area contributed by atoms with Crippen molar-refractivity contribution in [3.63, 3.8) is 0 Å². The third-order valence-electron chi connectivity index (χ3n) is 4.70. The number of primary amides is 1. The number of para-hydroxylation sites is 1. The number of likely N-dealkylation sites (tertiary alicyclic amines) is 1. The number of β-amino-alcohol motifs (C(OH)–C–C–N with tert-alkyl or cyclic N) is 1. The predicted molar refractivity (Wildman–Crippen MR) is 94.6 cm³/mol. The van der Waals surface area contributed by atoms with Crippen LogP contribution in [0, 0.1) is 5.92 Å². The second-order valence-electron chi connectivity index (χ2n) is 6.65. The van der Waals surface area contributed by atoms with E-state index in [9.17, 15) is 14.7 Å². The molecule has 1 aromatic heterocycles. The SMILES string of the molecule is NC(=O)CCCC(=O)N1C[C@@H](Cc2ccc3ccccc3n2)[C@H](O)C1. The molecule has 0 aliphatic carbocycles. The first-order valence-corrected chi connectivity index (χ1v) is 8.62. The minimum absolute atomic E-state index is 0.0197. The zero-order valence-electron chi connectivity index (χ0n) is 14.1. The summed E-state index contributed by atoms with van der Waals surface area (Å²) in [5, 5.41) is 11.4. The van der Waals surface area contributed by atoms with E-state index in [4.69, 9.17) is 5.73 Å². The molecule has 0 radical (unpaired) electrons. The number of pyridine rings is 1. The molecule has 132 valence electrons. The molecule has 0 unspecified atom stereocenters. The van der Waals surface area contributed by atoms with Gasteiger partial charge in [-0.3, -0.25) is 14.6 Å². The van der Waals surface area contributed by atoms with Crippen LogP contribution in [0.4, 0.5) is 0 Å². The molecule has 6 nitrogen and oxygen atoms in total. The number of carbonyl (C=O) groups is 2. The number of nitrogens with two attached hydrogens (primary N) is 1. The zero-order valence-corrected chi connectivity index (χ0v) is 14.1. The van der Waals surface area contributed by atoms with Gasteiger partial charge in [-0.1, -0.05) is 24.3 Å². The molecule has 2 amide bonds. The topological polar surface area (TPSA) is 96.5 Å². The van der Waals surface area contributed by atoms with Gasteiger partial charge in [0, 0.05) is 42.9 Å². The number of hydrogen-bond donors (Lipinski definition) is 2. The van der Waals surface area contributed by atoms with Crippen molar-refractivity contribution in [1.29, 1.82) is 0 Å². The maximum absolute atomic E-state index is 12.2. The predicted octanol–water partition coefficient (Wildman–Crippen LogP) is 1.25. The Hall–Kier alpha value is -2.47. The van der Waals surface area contributed by atoms with Crippen molar-refractivity contribution in [2.75, 3.05) is 13.1 Å². The maximum Gasteiger partial charge on any atom is 0.222 e. The molecule has 3 N–H and O–H groups in total. The third-order valence-corrected chi connectivity index (χ3v) is 4.70. The zero-order chi connectivity index (χ0) is 17.8. The number of benzene rings is 1. The molecule has 0 spiro atoms. The molecule has 1 saturated heterocycles. The standard InChI is InChI=1S/C19H23N3O3/c20-18(24)6-3-7-19(25)22-11-14(17(23)12-22)10-15-9-8-13-4-1-2-5-16(13)21-15/h1-2,4-5,8-9,14,17,23H,3,6-7,10-12H2,(H2,20,24)/t14-,17-/m1/s1. The number of carbonyl (C=O) groups excluding carboxylic acids is 2. The lowest BCUT2D eigenvalue weighted by Crippen LogP contribution is -2.29. The number of aromatic nitrogens is 1. The van der Waals surface area contributed by atoms with E-state index in [0.29, 0.717) is 25.9 Å². The summed E-state index contributed by atoms with van der Waals surface area (Å²) in [6.45, 7) is 0.860. The van der Waals surface area contributed by atoms with Gasteiger partial charge < -0.3 is 15.7 Å². The average molecular weight is 341 g/mol. The number of nitrogens with zero attached hydrogens (tertiary/aromatic N) is 2. The van der Waals surface area contributed by atoms with E-state index in [2.05, 4.69) is 4.98 Å². The van der Waals surface area contributed by atoms with Gasteiger partial charge in [-0.2, -0.15) is 0 Å². The number of aliphatic hydroxyl groups excluding tert-OH is 1. The van der Waals surface area contributed by atoms with Gasteiger partial charge in [-0.05, 0) is 25.0 Å². The van der Waals surface area contributed by atoms with Crippen LogP contribution in [0.3, 0.4) is 0 Å². The fourth-order valence-corrected chi connectivity index (χ4v) is 3.32. The Balaban J connectivity index is 1.59. The first kappa shape index (κ1) is 17.4. The van der Waals surface area contributed by atoms with Crippen LogP contribution >= 0.6 is 0 Å². The smallest absolute Gasteiger partial charge is 0.222 e. The monoisotopic (exact) mass is 341 g/mol. The molecular weight excluding hydrogens is 318 g/mol. The summed E-state index contributed by atoms with van der Waals surface area (Å²) in [6.07, 6.45) is 1.05. The molecule has 1 aliphatic rings. The van der Waals surface area contributed by atoms with Gasteiger partial charge >= 0.3 is 0 Å². The van der Waals surface area contributed by atoms with E-state index in [1.807, 2.05) is 36.4 Å². The van der Waals surface area contributed by atoms with Crippen molar-refractivity contribution in [1.82, 2.24) is 9.88 Å². The lowest BCUT2D eigenvalue weighted by Gasteiger charge is -2.16. The second-order valence-corrected chi connectivity index (χ2v) is 6.65. The van der Waals surface area contributed by atoms with Gasteiger partial charge in [0.1, 0.15) is 0 Å². The van der Waals surface area contributed by atoms with E-state index in [1.54, 1.807) is 4.90 Å². The number of hydrogen-bond acceptors (Lipinski definition) is 4. The van der Waals surface area contributed by atoms with Crippen molar-refractivity contribution in [3.8, 4) is 0 Å². The average Bonchev–Trinajstić information content (AvgIpc) is 2.95. The minimum atomic E-state index is -0.548. The normalized spacial score (nSPS) is 20.1. The van der Waals surface area contributed by atoms with Crippen LogP contribution < -0.4 is 5.73 Å². The number of aliphatic hydroxyl groups is 1. The lowest BCUT2D eigenvalue weighted by atomic mass is 9.99. The van der Waals surface area contributed by atoms with Crippen molar-refractivity contribution >= 4 is 22.7 Å². The van der Waals surface area contributed by atoms with Crippen LogP contribution in [0.1, 0.15) is 25.0 Å². The summed E-state index contributed by atoms with van der Waals surface area (Å²) in [5.74, 6) is -0.447. The van der Waals surface area contributed by atoms with Crippen molar-refractivity contribution in [3.05, 3.63) is 42.1 Å². The van der Waals surface area contributed by atoms with Crippen LogP contribution in [0.25, 0.3) is 10.9 Å². The number of rotatable bonds is 6. The highest BCUT2D eigenvalue weighted by Gasteiger charge is 2.33. The summed E-state index contributed by atoms with van der Waals surface area (Å²) >= 11 is 0. The number of fused-ring (bicyclic) bond motifs is 1. The minimum Gasteiger partial charge on any atom is -0.391 e. The first-order chi connectivity index (χ1) is 12.0. The molecule has 3 rings (SSSR count). The van der Waals surface area contributed by atoms with Gasteiger partial charge in [0.2, 0.25) is 11.8 Å². The second kappa shape index (κ2) is 7.61. The molecule has 1 fully saturated rings. The summed E-state index contributed by atoms with van der Waals surface area (Å²) < 4.78 is 0. The van der Waals surface area contributed by atoms with Crippen LogP contribution in [0.5, 0.6) is 0 Å². The van der Waals surface area contributed by atoms with Crippen LogP contribution in [0.2, 0.25) is 0 Å². The van der Waals surface area contributed by atoms with Gasteiger partial charge in [0.15, 0.2) is 0 Å². The van der Waals surface area contributed by atoms with Crippen LogP contribution in [0.15, 0.2) is 36.4 Å². The quantitative estimate of drug-likeness (QED) is 0.826. The van der Waals surface area contributed by atoms with Crippen LogP contribution in [-0.2, 0) is 16.0 Å². The Morgan fingerprint density at radius 3 is 2.76 bits per heavy atom. The Morgan fingerprint density at radius 2 is 1.96 bits per heavy atom. The van der Waals surface area contributed by atoms with Crippen molar-refractivity contribution in [2.24, 2.45) is 11.7 Å². The fraction of sp³-hybridized carbons (Fsp3) is 0.421. The summed E-state index contributed by atoms with van der Waals surface area (Å²) in [4.78, 5) is 29.3. The Bertz CT molecular complexity index is 777. The van der Waals surface area contributed by atoms with E-state index < -0.39 is 12.0 Å². The largest absolute Gasteiger partial charge is 0.391 e. The van der Waals surface area contributed by atoms with Crippen molar-refractivity contribution in [2.45, 2.75) is 31.8 Å². The molecule has 1 aromatic carbocycles. The fourth-order valence-electron chi connectivity index (χ4n) is 3.32. The van der Waals surface area contributed by atoms with E-state index in [-0.39, 0.29) is 24.7 Å². The highest BCUT2D eigenvalue weighted by molar-refractivity contribution is 5.79. The third kappa shape index (κ3) is 4.33. The Labute approximate surface area is 146 Å².